The monoisotopic (exact) mass is 393 g/mol. The van der Waals surface area contributed by atoms with Gasteiger partial charge in [0.05, 0.1) is 10.6 Å². The molecular formula is C14H11N5OS4. The molecule has 1 unspecified atom stereocenters. The Labute approximate surface area is 152 Å². The lowest BCUT2D eigenvalue weighted by molar-refractivity contribution is 0.919. The van der Waals surface area contributed by atoms with Gasteiger partial charge in [-0.3, -0.25) is 4.79 Å². The predicted octanol–water partition coefficient (Wildman–Crippen LogP) is 4.00. The molecule has 0 spiro atoms. The highest BCUT2D eigenvalue weighted by atomic mass is 32.2. The van der Waals surface area contributed by atoms with Crippen LogP contribution in [0.4, 0.5) is 5.13 Å². The Hall–Kier alpha value is -1.75. The minimum absolute atomic E-state index is 0.0539. The molecule has 0 saturated heterocycles. The van der Waals surface area contributed by atoms with Gasteiger partial charge in [-0.1, -0.05) is 29.2 Å². The lowest BCUT2D eigenvalue weighted by atomic mass is 10.2. The summed E-state index contributed by atoms with van der Waals surface area (Å²) in [6.07, 6.45) is 0. The second kappa shape index (κ2) is 6.28. The summed E-state index contributed by atoms with van der Waals surface area (Å²) in [6.45, 7) is 1.97. The van der Waals surface area contributed by atoms with Crippen LogP contribution in [0.25, 0.3) is 20.7 Å². The van der Waals surface area contributed by atoms with Gasteiger partial charge in [0.15, 0.2) is 4.34 Å². The summed E-state index contributed by atoms with van der Waals surface area (Å²) in [5, 5.41) is 12.8. The highest BCUT2D eigenvalue weighted by Crippen LogP contribution is 2.37. The highest BCUT2D eigenvalue weighted by Gasteiger charge is 2.18. The topological polar surface area (TPSA) is 97.5 Å². The standard InChI is InChI=1S/C14H11N5OS4/c1-6(23-14-19-18-13(15)24-14)10-16-11(20)9-7(5-22-12(9)17-10)8-3-2-4-21-8/h2-6H,1H3,(H2,15,18)(H,16,17,20). The van der Waals surface area contributed by atoms with Crippen LogP contribution in [0.5, 0.6) is 0 Å². The Morgan fingerprint density at radius 1 is 1.33 bits per heavy atom. The van der Waals surface area contributed by atoms with E-state index in [0.29, 0.717) is 16.3 Å². The van der Waals surface area contributed by atoms with E-state index < -0.39 is 0 Å². The average molecular weight is 394 g/mol. The first kappa shape index (κ1) is 15.8. The second-order valence-corrected chi connectivity index (χ2v) is 9.33. The zero-order chi connectivity index (χ0) is 16.7. The fourth-order valence-corrected chi connectivity index (χ4v) is 5.85. The molecule has 1 atom stereocenters. The minimum Gasteiger partial charge on any atom is -0.374 e. The van der Waals surface area contributed by atoms with E-state index in [9.17, 15) is 4.79 Å². The summed E-state index contributed by atoms with van der Waals surface area (Å²) in [7, 11) is 0. The molecule has 0 amide bonds. The first-order chi connectivity index (χ1) is 11.6. The average Bonchev–Trinajstić information content (AvgIpc) is 3.27. The maximum absolute atomic E-state index is 12.6. The van der Waals surface area contributed by atoms with E-state index in [1.165, 1.54) is 34.4 Å². The number of nitrogen functional groups attached to an aromatic ring is 1. The third kappa shape index (κ3) is 2.86. The van der Waals surface area contributed by atoms with Crippen molar-refractivity contribution < 1.29 is 0 Å². The van der Waals surface area contributed by atoms with Crippen LogP contribution in [-0.4, -0.2) is 20.2 Å². The summed E-state index contributed by atoms with van der Waals surface area (Å²) >= 11 is 5.91. The zero-order valence-corrected chi connectivity index (χ0v) is 15.6. The number of anilines is 1. The van der Waals surface area contributed by atoms with Gasteiger partial charge >= 0.3 is 0 Å². The number of fused-ring (bicyclic) bond motifs is 1. The smallest absolute Gasteiger partial charge is 0.260 e. The second-order valence-electron chi connectivity index (χ2n) is 4.92. The lowest BCUT2D eigenvalue weighted by Crippen LogP contribution is -2.12. The molecule has 0 aliphatic rings. The predicted molar refractivity (Wildman–Crippen MR) is 102 cm³/mol. The maximum atomic E-state index is 12.6. The molecular weight excluding hydrogens is 382 g/mol. The molecule has 4 aromatic rings. The van der Waals surface area contributed by atoms with Crippen molar-refractivity contribution in [3.05, 3.63) is 39.1 Å². The van der Waals surface area contributed by atoms with E-state index in [-0.39, 0.29) is 10.8 Å². The summed E-state index contributed by atoms with van der Waals surface area (Å²) in [5.41, 5.74) is 6.44. The lowest BCUT2D eigenvalue weighted by Gasteiger charge is -2.08. The summed E-state index contributed by atoms with van der Waals surface area (Å²) in [6, 6.07) is 3.99. The number of aromatic nitrogens is 4. The Bertz CT molecular complexity index is 1050. The largest absolute Gasteiger partial charge is 0.374 e. The molecule has 0 fully saturated rings. The van der Waals surface area contributed by atoms with Gasteiger partial charge < -0.3 is 10.7 Å². The molecule has 0 saturated carbocycles. The number of nitrogens with one attached hydrogen (secondary N) is 1. The number of aromatic amines is 1. The van der Waals surface area contributed by atoms with Crippen molar-refractivity contribution in [1.29, 1.82) is 0 Å². The summed E-state index contributed by atoms with van der Waals surface area (Å²) in [5.74, 6) is 0.630. The Morgan fingerprint density at radius 3 is 2.92 bits per heavy atom. The molecule has 10 heteroatoms. The number of nitrogens with two attached hydrogens (primary N) is 1. The molecule has 24 heavy (non-hydrogen) atoms. The number of rotatable bonds is 4. The van der Waals surface area contributed by atoms with Crippen LogP contribution in [0.3, 0.4) is 0 Å². The van der Waals surface area contributed by atoms with Crippen molar-refractivity contribution in [3.63, 3.8) is 0 Å². The van der Waals surface area contributed by atoms with E-state index in [2.05, 4.69) is 20.2 Å². The number of thiophene rings is 2. The van der Waals surface area contributed by atoms with E-state index in [4.69, 9.17) is 5.73 Å². The number of hydrogen-bond donors (Lipinski definition) is 2. The van der Waals surface area contributed by atoms with Crippen LogP contribution >= 0.6 is 45.8 Å². The molecule has 0 aliphatic heterocycles. The molecule has 6 nitrogen and oxygen atoms in total. The Kier molecular flexibility index (Phi) is 4.12. The van der Waals surface area contributed by atoms with Crippen molar-refractivity contribution >= 4 is 61.1 Å². The SMILES string of the molecule is CC(Sc1nnc(N)s1)c1nc2scc(-c3cccs3)c2c(=O)[nH]1. The van der Waals surface area contributed by atoms with Crippen molar-refractivity contribution in [2.45, 2.75) is 16.5 Å². The molecule has 0 radical (unpaired) electrons. The minimum atomic E-state index is -0.108. The van der Waals surface area contributed by atoms with E-state index in [1.54, 1.807) is 11.3 Å². The number of thioether (sulfide) groups is 1. The third-order valence-electron chi connectivity index (χ3n) is 3.33. The first-order valence-corrected chi connectivity index (χ1v) is 10.4. The van der Waals surface area contributed by atoms with Gasteiger partial charge in [-0.2, -0.15) is 0 Å². The Morgan fingerprint density at radius 2 is 2.21 bits per heavy atom. The number of H-pyrrole nitrogens is 1. The molecule has 122 valence electrons. The van der Waals surface area contributed by atoms with Crippen LogP contribution < -0.4 is 11.3 Å². The maximum Gasteiger partial charge on any atom is 0.260 e. The Balaban J connectivity index is 1.72. The fourth-order valence-electron chi connectivity index (χ4n) is 2.25. The van der Waals surface area contributed by atoms with Gasteiger partial charge in [0.25, 0.3) is 5.56 Å². The molecule has 4 aromatic heterocycles. The van der Waals surface area contributed by atoms with Crippen LogP contribution in [-0.2, 0) is 0 Å². The van der Waals surface area contributed by atoms with Crippen molar-refractivity contribution in [1.82, 2.24) is 20.2 Å². The van der Waals surface area contributed by atoms with E-state index >= 15 is 0 Å². The van der Waals surface area contributed by atoms with Crippen molar-refractivity contribution in [2.24, 2.45) is 0 Å². The first-order valence-electron chi connectivity index (χ1n) is 6.92. The quantitative estimate of drug-likeness (QED) is 0.509. The van der Waals surface area contributed by atoms with Gasteiger partial charge in [-0.15, -0.1) is 32.9 Å². The van der Waals surface area contributed by atoms with Gasteiger partial charge in [-0.05, 0) is 18.4 Å². The normalized spacial score (nSPS) is 12.7. The zero-order valence-electron chi connectivity index (χ0n) is 12.3. The van der Waals surface area contributed by atoms with E-state index in [1.807, 2.05) is 29.8 Å². The molecule has 4 heterocycles. The summed E-state index contributed by atoms with van der Waals surface area (Å²) < 4.78 is 0.758. The van der Waals surface area contributed by atoms with Crippen LogP contribution in [0.1, 0.15) is 18.0 Å². The molecule has 0 aliphatic carbocycles. The number of hydrogen-bond acceptors (Lipinski definition) is 9. The van der Waals surface area contributed by atoms with Crippen LogP contribution in [0.2, 0.25) is 0 Å². The van der Waals surface area contributed by atoms with Gasteiger partial charge in [0.1, 0.15) is 10.7 Å². The summed E-state index contributed by atoms with van der Waals surface area (Å²) in [4.78, 5) is 22.0. The fraction of sp³-hybridized carbons (Fsp3) is 0.143. The van der Waals surface area contributed by atoms with Crippen molar-refractivity contribution in [2.75, 3.05) is 5.73 Å². The van der Waals surface area contributed by atoms with Crippen molar-refractivity contribution in [3.8, 4) is 10.4 Å². The van der Waals surface area contributed by atoms with Gasteiger partial charge in [0, 0.05) is 15.8 Å². The highest BCUT2D eigenvalue weighted by molar-refractivity contribution is 8.01. The molecule has 4 rings (SSSR count). The van der Waals surface area contributed by atoms with Crippen LogP contribution in [0.15, 0.2) is 32.0 Å². The van der Waals surface area contributed by atoms with E-state index in [0.717, 1.165) is 19.6 Å². The van der Waals surface area contributed by atoms with Gasteiger partial charge in [0.2, 0.25) is 5.13 Å². The van der Waals surface area contributed by atoms with Gasteiger partial charge in [-0.25, -0.2) is 4.98 Å². The molecule has 0 aromatic carbocycles. The molecule has 3 N–H and O–H groups in total. The molecule has 0 bridgehead atoms. The van der Waals surface area contributed by atoms with Crippen LogP contribution in [0, 0.1) is 0 Å². The number of nitrogens with zero attached hydrogens (tertiary/aromatic N) is 3. The third-order valence-corrected chi connectivity index (χ3v) is 7.05.